The van der Waals surface area contributed by atoms with Gasteiger partial charge in [-0.15, -0.1) is 0 Å². The molecule has 2 heterocycles. The van der Waals surface area contributed by atoms with Crippen molar-refractivity contribution in [3.8, 4) is 5.75 Å². The summed E-state index contributed by atoms with van der Waals surface area (Å²) in [5.41, 5.74) is 6.69. The summed E-state index contributed by atoms with van der Waals surface area (Å²) in [7, 11) is 0. The lowest BCUT2D eigenvalue weighted by Crippen LogP contribution is -2.10. The molecule has 0 aromatic carbocycles. The molecule has 0 saturated heterocycles. The van der Waals surface area contributed by atoms with Crippen LogP contribution < -0.4 is 15.8 Å². The molecule has 3 N–H and O–H groups in total. The van der Waals surface area contributed by atoms with E-state index in [1.54, 1.807) is 24.5 Å². The molecule has 0 bridgehead atoms. The Kier molecular flexibility index (Phi) is 3.40. The van der Waals surface area contributed by atoms with Crippen molar-refractivity contribution >= 4 is 11.6 Å². The van der Waals surface area contributed by atoms with Crippen molar-refractivity contribution in [2.45, 2.75) is 6.92 Å². The normalized spacial score (nSPS) is 9.94. The molecule has 2 rings (SSSR count). The largest absolute Gasteiger partial charge is 0.473 e. The van der Waals surface area contributed by atoms with E-state index in [9.17, 15) is 0 Å². The maximum absolute atomic E-state index is 5.54. The molecular weight excluding hydrogens is 216 g/mol. The van der Waals surface area contributed by atoms with Crippen LogP contribution in [0.1, 0.15) is 5.56 Å². The minimum absolute atomic E-state index is 0.333. The Hall–Kier alpha value is -2.30. The van der Waals surface area contributed by atoms with E-state index < -0.39 is 0 Å². The molecule has 5 nitrogen and oxygen atoms in total. The van der Waals surface area contributed by atoms with Gasteiger partial charge in [0.15, 0.2) is 6.73 Å². The molecule has 0 radical (unpaired) electrons. The van der Waals surface area contributed by atoms with Gasteiger partial charge in [-0.1, -0.05) is 0 Å². The maximum Gasteiger partial charge on any atom is 0.160 e. The fraction of sp³-hybridized carbons (Fsp3) is 0.167. The second-order valence-corrected chi connectivity index (χ2v) is 3.60. The standard InChI is InChI=1S/C12H14N4O/c1-9-2-4-15-12(6-9)16-8-17-10-3-5-14-11(13)7-10/h2-7H,8H2,1H3,(H2,13,14)(H,15,16). The SMILES string of the molecule is Cc1ccnc(NCOc2ccnc(N)c2)c1. The fourth-order valence-electron chi connectivity index (χ4n) is 1.34. The summed E-state index contributed by atoms with van der Waals surface area (Å²) in [6, 6.07) is 7.31. The average Bonchev–Trinajstić information content (AvgIpc) is 2.29. The maximum atomic E-state index is 5.54. The number of pyridine rings is 2. The van der Waals surface area contributed by atoms with Crippen LogP contribution in [0.3, 0.4) is 0 Å². The first-order chi connectivity index (χ1) is 8.24. The highest BCUT2D eigenvalue weighted by atomic mass is 16.5. The highest BCUT2D eigenvalue weighted by Crippen LogP contribution is 2.12. The number of ether oxygens (including phenoxy) is 1. The van der Waals surface area contributed by atoms with E-state index in [1.165, 1.54) is 0 Å². The third kappa shape index (κ3) is 3.34. The number of nitrogens with one attached hydrogen (secondary N) is 1. The Morgan fingerprint density at radius 1 is 1.24 bits per heavy atom. The summed E-state index contributed by atoms with van der Waals surface area (Å²) < 4.78 is 5.46. The number of nitrogens with two attached hydrogens (primary N) is 1. The Morgan fingerprint density at radius 3 is 2.82 bits per heavy atom. The number of nitrogen functional groups attached to an aromatic ring is 1. The molecular formula is C12H14N4O. The zero-order valence-corrected chi connectivity index (χ0v) is 9.55. The summed E-state index contributed by atoms with van der Waals surface area (Å²) in [6.07, 6.45) is 3.36. The summed E-state index contributed by atoms with van der Waals surface area (Å²) in [6.45, 7) is 2.34. The van der Waals surface area contributed by atoms with Crippen LogP contribution >= 0.6 is 0 Å². The van der Waals surface area contributed by atoms with E-state index in [2.05, 4.69) is 15.3 Å². The quantitative estimate of drug-likeness (QED) is 0.784. The van der Waals surface area contributed by atoms with Gasteiger partial charge in [-0.05, 0) is 30.7 Å². The van der Waals surface area contributed by atoms with Gasteiger partial charge < -0.3 is 15.8 Å². The Bertz CT molecular complexity index is 456. The first kappa shape index (κ1) is 11.2. The van der Waals surface area contributed by atoms with Crippen molar-refractivity contribution in [3.05, 3.63) is 42.2 Å². The number of aromatic nitrogens is 2. The van der Waals surface area contributed by atoms with Crippen LogP contribution in [0.15, 0.2) is 36.7 Å². The van der Waals surface area contributed by atoms with E-state index in [0.29, 0.717) is 18.3 Å². The van der Waals surface area contributed by atoms with Crippen molar-refractivity contribution in [2.24, 2.45) is 0 Å². The molecule has 88 valence electrons. The van der Waals surface area contributed by atoms with Crippen molar-refractivity contribution in [1.29, 1.82) is 0 Å². The predicted molar refractivity (Wildman–Crippen MR) is 66.7 cm³/mol. The third-order valence-corrected chi connectivity index (χ3v) is 2.16. The average molecular weight is 230 g/mol. The molecule has 5 heteroatoms. The lowest BCUT2D eigenvalue weighted by molar-refractivity contribution is 0.346. The van der Waals surface area contributed by atoms with Gasteiger partial charge in [0.1, 0.15) is 17.4 Å². The molecule has 2 aromatic heterocycles. The summed E-state index contributed by atoms with van der Waals surface area (Å²) in [5.74, 6) is 1.90. The molecule has 0 aliphatic rings. The van der Waals surface area contributed by atoms with Gasteiger partial charge in [-0.25, -0.2) is 9.97 Å². The minimum Gasteiger partial charge on any atom is -0.473 e. The Morgan fingerprint density at radius 2 is 2.06 bits per heavy atom. The molecule has 0 atom stereocenters. The van der Waals surface area contributed by atoms with Crippen molar-refractivity contribution in [1.82, 2.24) is 9.97 Å². The minimum atomic E-state index is 0.333. The molecule has 2 aromatic rings. The zero-order valence-electron chi connectivity index (χ0n) is 9.55. The van der Waals surface area contributed by atoms with Gasteiger partial charge >= 0.3 is 0 Å². The van der Waals surface area contributed by atoms with E-state index in [4.69, 9.17) is 10.5 Å². The number of nitrogens with zero attached hydrogens (tertiary/aromatic N) is 2. The van der Waals surface area contributed by atoms with E-state index in [0.717, 1.165) is 11.4 Å². The van der Waals surface area contributed by atoms with Crippen LogP contribution in [-0.2, 0) is 0 Å². The first-order valence-corrected chi connectivity index (χ1v) is 5.25. The fourth-order valence-corrected chi connectivity index (χ4v) is 1.34. The summed E-state index contributed by atoms with van der Waals surface area (Å²) in [5, 5.41) is 3.06. The third-order valence-electron chi connectivity index (χ3n) is 2.16. The summed E-state index contributed by atoms with van der Waals surface area (Å²) >= 11 is 0. The molecule has 0 amide bonds. The smallest absolute Gasteiger partial charge is 0.160 e. The van der Waals surface area contributed by atoms with Crippen LogP contribution in [0.4, 0.5) is 11.6 Å². The zero-order chi connectivity index (χ0) is 12.1. The highest BCUT2D eigenvalue weighted by Gasteiger charge is 1.96. The Labute approximate surface area is 99.7 Å². The Balaban J connectivity index is 1.87. The van der Waals surface area contributed by atoms with Gasteiger partial charge in [-0.2, -0.15) is 0 Å². The van der Waals surface area contributed by atoms with Gasteiger partial charge in [0.2, 0.25) is 0 Å². The predicted octanol–water partition coefficient (Wildman–Crippen LogP) is 1.82. The van der Waals surface area contributed by atoms with E-state index >= 15 is 0 Å². The number of hydrogen-bond acceptors (Lipinski definition) is 5. The van der Waals surface area contributed by atoms with E-state index in [-0.39, 0.29) is 0 Å². The number of anilines is 2. The van der Waals surface area contributed by atoms with Gasteiger partial charge in [0, 0.05) is 18.5 Å². The van der Waals surface area contributed by atoms with Crippen LogP contribution in [0.25, 0.3) is 0 Å². The number of aryl methyl sites for hydroxylation is 1. The first-order valence-electron chi connectivity index (χ1n) is 5.25. The van der Waals surface area contributed by atoms with Crippen molar-refractivity contribution in [2.75, 3.05) is 17.8 Å². The van der Waals surface area contributed by atoms with Crippen LogP contribution in [0, 0.1) is 6.92 Å². The van der Waals surface area contributed by atoms with Gasteiger partial charge in [0.05, 0.1) is 0 Å². The lowest BCUT2D eigenvalue weighted by Gasteiger charge is -2.08. The van der Waals surface area contributed by atoms with Gasteiger partial charge in [-0.3, -0.25) is 0 Å². The van der Waals surface area contributed by atoms with Crippen LogP contribution in [0.5, 0.6) is 5.75 Å². The van der Waals surface area contributed by atoms with Crippen LogP contribution in [-0.4, -0.2) is 16.7 Å². The second-order valence-electron chi connectivity index (χ2n) is 3.60. The van der Waals surface area contributed by atoms with Gasteiger partial charge in [0.25, 0.3) is 0 Å². The molecule has 0 spiro atoms. The molecule has 0 saturated carbocycles. The van der Waals surface area contributed by atoms with Crippen molar-refractivity contribution in [3.63, 3.8) is 0 Å². The topological polar surface area (TPSA) is 73.1 Å². The monoisotopic (exact) mass is 230 g/mol. The molecule has 0 unspecified atom stereocenters. The summed E-state index contributed by atoms with van der Waals surface area (Å²) in [4.78, 5) is 8.04. The molecule has 0 fully saturated rings. The number of hydrogen-bond donors (Lipinski definition) is 2. The van der Waals surface area contributed by atoms with Crippen molar-refractivity contribution < 1.29 is 4.74 Å². The molecule has 0 aliphatic heterocycles. The molecule has 17 heavy (non-hydrogen) atoms. The van der Waals surface area contributed by atoms with E-state index in [1.807, 2.05) is 19.1 Å². The second kappa shape index (κ2) is 5.16. The van der Waals surface area contributed by atoms with Crippen LogP contribution in [0.2, 0.25) is 0 Å². The number of rotatable bonds is 4. The highest BCUT2D eigenvalue weighted by molar-refractivity contribution is 5.38. The lowest BCUT2D eigenvalue weighted by atomic mass is 10.3. The molecule has 0 aliphatic carbocycles.